The van der Waals surface area contributed by atoms with Crippen molar-refractivity contribution in [3.63, 3.8) is 0 Å². The highest BCUT2D eigenvalue weighted by Crippen LogP contribution is 2.28. The Balaban J connectivity index is 1.53. The lowest BCUT2D eigenvalue weighted by Crippen LogP contribution is -2.15. The van der Waals surface area contributed by atoms with Crippen molar-refractivity contribution in [2.75, 3.05) is 5.32 Å². The van der Waals surface area contributed by atoms with Crippen LogP contribution in [-0.4, -0.2) is 16.1 Å². The lowest BCUT2D eigenvalue weighted by Gasteiger charge is -2.02. The monoisotopic (exact) mass is 384 g/mol. The normalized spacial score (nSPS) is 10.3. The molecule has 0 radical (unpaired) electrons. The summed E-state index contributed by atoms with van der Waals surface area (Å²) >= 11 is 2.76. The van der Waals surface area contributed by atoms with Crippen molar-refractivity contribution in [2.24, 2.45) is 0 Å². The quantitative estimate of drug-likeness (QED) is 0.513. The van der Waals surface area contributed by atoms with Crippen molar-refractivity contribution < 1.29 is 9.18 Å². The Bertz CT molecular complexity index is 950. The van der Waals surface area contributed by atoms with Crippen molar-refractivity contribution in [1.29, 1.82) is 5.26 Å². The van der Waals surface area contributed by atoms with Gasteiger partial charge in [0.25, 0.3) is 0 Å². The molecule has 5 nitrogen and oxygen atoms in total. The average molecular weight is 384 g/mol. The summed E-state index contributed by atoms with van der Waals surface area (Å²) in [5.74, 6) is -0.0581. The molecule has 26 heavy (non-hydrogen) atoms. The number of nitriles is 1. The van der Waals surface area contributed by atoms with Gasteiger partial charge in [-0.3, -0.25) is 4.79 Å². The third kappa shape index (κ3) is 4.88. The summed E-state index contributed by atoms with van der Waals surface area (Å²) in [4.78, 5) is 12.0. The van der Waals surface area contributed by atoms with Gasteiger partial charge in [0.2, 0.25) is 11.0 Å². The van der Waals surface area contributed by atoms with Crippen LogP contribution in [0.4, 0.5) is 9.52 Å². The second kappa shape index (κ2) is 8.56. The number of rotatable bonds is 6. The van der Waals surface area contributed by atoms with Crippen LogP contribution in [0.25, 0.3) is 0 Å². The molecule has 0 aliphatic heterocycles. The molecule has 2 aromatic carbocycles. The Morgan fingerprint density at radius 2 is 1.96 bits per heavy atom. The first-order valence-corrected chi connectivity index (χ1v) is 9.43. The maximum Gasteiger partial charge on any atom is 0.230 e. The van der Waals surface area contributed by atoms with E-state index >= 15 is 0 Å². The topological polar surface area (TPSA) is 78.7 Å². The molecule has 0 fully saturated rings. The fourth-order valence-corrected chi connectivity index (χ4v) is 3.84. The summed E-state index contributed by atoms with van der Waals surface area (Å²) < 4.78 is 14.3. The van der Waals surface area contributed by atoms with E-state index in [-0.39, 0.29) is 12.3 Å². The summed E-state index contributed by atoms with van der Waals surface area (Å²) in [7, 11) is 0. The van der Waals surface area contributed by atoms with E-state index in [1.807, 2.05) is 12.1 Å². The fourth-order valence-electron chi connectivity index (χ4n) is 2.12. The van der Waals surface area contributed by atoms with E-state index in [0.29, 0.717) is 22.0 Å². The highest BCUT2D eigenvalue weighted by Gasteiger charge is 2.11. The first-order chi connectivity index (χ1) is 12.6. The van der Waals surface area contributed by atoms with E-state index in [1.165, 1.54) is 29.2 Å². The van der Waals surface area contributed by atoms with Gasteiger partial charge in [-0.2, -0.15) is 5.26 Å². The Labute approximate surface area is 157 Å². The highest BCUT2D eigenvalue weighted by atomic mass is 32.2. The smallest absolute Gasteiger partial charge is 0.230 e. The molecular weight excluding hydrogens is 371 g/mol. The largest absolute Gasteiger partial charge is 0.300 e. The second-order valence-electron chi connectivity index (χ2n) is 5.29. The van der Waals surface area contributed by atoms with E-state index in [4.69, 9.17) is 5.26 Å². The lowest BCUT2D eigenvalue weighted by molar-refractivity contribution is -0.115. The van der Waals surface area contributed by atoms with Gasteiger partial charge >= 0.3 is 0 Å². The standard InChI is InChI=1S/C18H13FN4OS2/c19-15-4-2-1-3-14(15)9-16(24)21-17-22-23-18(26-17)25-11-13-7-5-12(10-20)6-8-13/h1-8H,9,11H2,(H,21,22,24). The zero-order chi connectivity index (χ0) is 18.4. The van der Waals surface area contributed by atoms with Gasteiger partial charge in [-0.05, 0) is 29.3 Å². The number of halogens is 1. The number of thioether (sulfide) groups is 1. The van der Waals surface area contributed by atoms with Crippen LogP contribution in [0.5, 0.6) is 0 Å². The minimum atomic E-state index is -0.404. The van der Waals surface area contributed by atoms with E-state index in [0.717, 1.165) is 9.90 Å². The summed E-state index contributed by atoms with van der Waals surface area (Å²) in [6, 6.07) is 15.6. The van der Waals surface area contributed by atoms with Crippen molar-refractivity contribution in [3.8, 4) is 6.07 Å². The van der Waals surface area contributed by atoms with E-state index < -0.39 is 5.82 Å². The fraction of sp³-hybridized carbons (Fsp3) is 0.111. The third-order valence-corrected chi connectivity index (χ3v) is 5.45. The molecule has 0 atom stereocenters. The van der Waals surface area contributed by atoms with Gasteiger partial charge in [0.05, 0.1) is 18.1 Å². The molecule has 0 aliphatic carbocycles. The Morgan fingerprint density at radius 1 is 1.19 bits per heavy atom. The van der Waals surface area contributed by atoms with Crippen molar-refractivity contribution in [3.05, 3.63) is 71.0 Å². The molecule has 0 spiro atoms. The zero-order valence-corrected chi connectivity index (χ0v) is 15.1. The lowest BCUT2D eigenvalue weighted by atomic mass is 10.1. The molecule has 1 amide bonds. The average Bonchev–Trinajstić information content (AvgIpc) is 3.09. The summed E-state index contributed by atoms with van der Waals surface area (Å²) in [5, 5.41) is 19.8. The van der Waals surface area contributed by atoms with Crippen LogP contribution in [0, 0.1) is 17.1 Å². The molecule has 3 aromatic rings. The molecule has 0 aliphatic rings. The predicted octanol–water partition coefficient (Wildman–Crippen LogP) is 4.02. The van der Waals surface area contributed by atoms with E-state index in [1.54, 1.807) is 30.3 Å². The molecule has 130 valence electrons. The van der Waals surface area contributed by atoms with Crippen LogP contribution in [0.2, 0.25) is 0 Å². The number of nitrogens with one attached hydrogen (secondary N) is 1. The van der Waals surface area contributed by atoms with Gasteiger partial charge in [-0.1, -0.05) is 53.4 Å². The zero-order valence-electron chi connectivity index (χ0n) is 13.5. The maximum atomic E-state index is 13.6. The molecule has 8 heteroatoms. The maximum absolute atomic E-state index is 13.6. The molecule has 1 N–H and O–H groups in total. The molecule has 1 aromatic heterocycles. The minimum absolute atomic E-state index is 0.0556. The SMILES string of the molecule is N#Cc1ccc(CSc2nnc(NC(=O)Cc3ccccc3F)s2)cc1. The number of carbonyl (C=O) groups is 1. The number of benzene rings is 2. The first kappa shape index (κ1) is 18.0. The Kier molecular flexibility index (Phi) is 5.94. The van der Waals surface area contributed by atoms with Crippen molar-refractivity contribution in [2.45, 2.75) is 16.5 Å². The minimum Gasteiger partial charge on any atom is -0.300 e. The highest BCUT2D eigenvalue weighted by molar-refractivity contribution is 8.00. The van der Waals surface area contributed by atoms with E-state index in [2.05, 4.69) is 21.6 Å². The summed E-state index contributed by atoms with van der Waals surface area (Å²) in [6.07, 6.45) is -0.0556. The van der Waals surface area contributed by atoms with Crippen molar-refractivity contribution in [1.82, 2.24) is 10.2 Å². The number of hydrogen-bond donors (Lipinski definition) is 1. The number of carbonyl (C=O) groups excluding carboxylic acids is 1. The van der Waals surface area contributed by atoms with Gasteiger partial charge in [-0.15, -0.1) is 10.2 Å². The molecule has 0 unspecified atom stereocenters. The number of nitrogens with zero attached hydrogens (tertiary/aromatic N) is 3. The molecule has 0 saturated heterocycles. The van der Waals surface area contributed by atoms with Gasteiger partial charge in [-0.25, -0.2) is 4.39 Å². The summed E-state index contributed by atoms with van der Waals surface area (Å²) in [5.41, 5.74) is 2.02. The molecule has 0 saturated carbocycles. The number of hydrogen-bond acceptors (Lipinski definition) is 6. The van der Waals surface area contributed by atoms with Crippen LogP contribution < -0.4 is 5.32 Å². The molecular formula is C18H13FN4OS2. The summed E-state index contributed by atoms with van der Waals surface area (Å²) in [6.45, 7) is 0. The van der Waals surface area contributed by atoms with Crippen LogP contribution in [0.15, 0.2) is 52.9 Å². The van der Waals surface area contributed by atoms with Gasteiger partial charge in [0.1, 0.15) is 5.82 Å². The first-order valence-electron chi connectivity index (χ1n) is 7.62. The van der Waals surface area contributed by atoms with Crippen LogP contribution >= 0.6 is 23.1 Å². The van der Waals surface area contributed by atoms with Gasteiger partial charge in [0, 0.05) is 5.75 Å². The van der Waals surface area contributed by atoms with Crippen LogP contribution in [0.3, 0.4) is 0 Å². The number of amides is 1. The number of aromatic nitrogens is 2. The van der Waals surface area contributed by atoms with Crippen LogP contribution in [-0.2, 0) is 17.0 Å². The van der Waals surface area contributed by atoms with Gasteiger partial charge < -0.3 is 5.32 Å². The molecule has 1 heterocycles. The van der Waals surface area contributed by atoms with Crippen LogP contribution in [0.1, 0.15) is 16.7 Å². The Morgan fingerprint density at radius 3 is 2.69 bits per heavy atom. The van der Waals surface area contributed by atoms with Crippen molar-refractivity contribution >= 4 is 34.1 Å². The molecule has 3 rings (SSSR count). The third-order valence-electron chi connectivity index (χ3n) is 3.41. The second-order valence-corrected chi connectivity index (χ2v) is 7.49. The Hall–Kier alpha value is -2.76. The van der Waals surface area contributed by atoms with E-state index in [9.17, 15) is 9.18 Å². The number of anilines is 1. The molecule has 0 bridgehead atoms. The van der Waals surface area contributed by atoms with Gasteiger partial charge in [0.15, 0.2) is 4.34 Å². The predicted molar refractivity (Wildman–Crippen MR) is 99.4 cm³/mol.